The molecule has 0 fully saturated rings. The summed E-state index contributed by atoms with van der Waals surface area (Å²) in [6.45, 7) is 1.98. The lowest BCUT2D eigenvalue weighted by molar-refractivity contribution is -0.939. The van der Waals surface area contributed by atoms with Crippen molar-refractivity contribution < 1.29 is 18.1 Å². The molecule has 2 aromatic rings. The summed E-state index contributed by atoms with van der Waals surface area (Å²) in [5, 5.41) is 3.66. The van der Waals surface area contributed by atoms with Gasteiger partial charge in [0.15, 0.2) is 6.67 Å². The van der Waals surface area contributed by atoms with E-state index in [1.807, 2.05) is 12.1 Å². The highest BCUT2D eigenvalue weighted by molar-refractivity contribution is 7.71. The van der Waals surface area contributed by atoms with Crippen molar-refractivity contribution >= 4 is 12.2 Å². The second kappa shape index (κ2) is 5.51. The van der Waals surface area contributed by atoms with Gasteiger partial charge in [-0.25, -0.2) is 0 Å². The molecule has 0 amide bonds. The number of benzene rings is 1. The predicted octanol–water partition coefficient (Wildman–Crippen LogP) is 1.57. The number of alkyl halides is 3. The van der Waals surface area contributed by atoms with Crippen LogP contribution >= 0.6 is 12.2 Å². The second-order valence-electron chi connectivity index (χ2n) is 5.52. The zero-order valence-electron chi connectivity index (χ0n) is 12.0. The third-order valence-electron chi connectivity index (χ3n) is 3.97. The summed E-state index contributed by atoms with van der Waals surface area (Å²) in [4.78, 5) is 1.15. The molecule has 0 spiro atoms. The Morgan fingerprint density at radius 3 is 2.59 bits per heavy atom. The van der Waals surface area contributed by atoms with E-state index in [-0.39, 0.29) is 4.77 Å². The topological polar surface area (TPSA) is 27.2 Å². The van der Waals surface area contributed by atoms with Gasteiger partial charge in [-0.3, -0.25) is 4.57 Å². The van der Waals surface area contributed by atoms with Gasteiger partial charge in [-0.2, -0.15) is 17.9 Å². The van der Waals surface area contributed by atoms with Gasteiger partial charge in [-0.15, -0.1) is 5.10 Å². The maximum atomic E-state index is 12.9. The van der Waals surface area contributed by atoms with Crippen LogP contribution in [-0.4, -0.2) is 20.9 Å². The minimum absolute atomic E-state index is 0.0960. The molecule has 3 rings (SSSR count). The number of halogens is 3. The normalized spacial score (nSPS) is 18.3. The van der Waals surface area contributed by atoms with E-state index in [0.717, 1.165) is 29.0 Å². The van der Waals surface area contributed by atoms with E-state index in [1.54, 1.807) is 0 Å². The average molecular weight is 329 g/mol. The van der Waals surface area contributed by atoms with Crippen LogP contribution in [0.4, 0.5) is 13.2 Å². The van der Waals surface area contributed by atoms with Gasteiger partial charge >= 0.3 is 6.18 Å². The van der Waals surface area contributed by atoms with Crippen molar-refractivity contribution in [1.82, 2.24) is 14.3 Å². The molecular formula is C14H16F3N4S+. The van der Waals surface area contributed by atoms with Gasteiger partial charge in [0, 0.05) is 19.0 Å². The monoisotopic (exact) mass is 329 g/mol. The van der Waals surface area contributed by atoms with Crippen molar-refractivity contribution in [2.75, 3.05) is 6.54 Å². The van der Waals surface area contributed by atoms with Crippen LogP contribution in [0.1, 0.15) is 17.0 Å². The number of hydrogen-bond acceptors (Lipinski definition) is 2. The van der Waals surface area contributed by atoms with Crippen LogP contribution in [0.25, 0.3) is 0 Å². The molecular weight excluding hydrogens is 313 g/mol. The lowest BCUT2D eigenvalue weighted by atomic mass is 10.0. The molecule has 1 aliphatic rings. The quantitative estimate of drug-likeness (QED) is 0.847. The van der Waals surface area contributed by atoms with E-state index >= 15 is 0 Å². The summed E-state index contributed by atoms with van der Waals surface area (Å²) in [6.07, 6.45) is -3.57. The standard InChI is InChI=1S/C14H15F3N4S/c1-19-12(14(15,16)17)18-21(13(19)22)9-20-7-6-10-4-2-3-5-11(10)8-20/h2-5H,6-9H2,1H3/p+1. The molecule has 1 aliphatic heterocycles. The van der Waals surface area contributed by atoms with Crippen molar-refractivity contribution in [2.24, 2.45) is 7.05 Å². The zero-order chi connectivity index (χ0) is 15.9. The molecule has 0 saturated carbocycles. The molecule has 0 saturated heterocycles. The molecule has 0 bridgehead atoms. The van der Waals surface area contributed by atoms with Gasteiger partial charge in [-0.1, -0.05) is 24.3 Å². The van der Waals surface area contributed by atoms with Crippen molar-refractivity contribution in [3.8, 4) is 0 Å². The molecule has 1 aromatic heterocycles. The molecule has 1 N–H and O–H groups in total. The highest BCUT2D eigenvalue weighted by Gasteiger charge is 2.37. The first-order valence-electron chi connectivity index (χ1n) is 6.97. The van der Waals surface area contributed by atoms with Crippen molar-refractivity contribution in [1.29, 1.82) is 0 Å². The lowest BCUT2D eigenvalue weighted by Gasteiger charge is -2.25. The summed E-state index contributed by atoms with van der Waals surface area (Å²) in [5.41, 5.74) is 2.55. The fraction of sp³-hybridized carbons (Fsp3) is 0.429. The first-order valence-corrected chi connectivity index (χ1v) is 7.38. The fourth-order valence-corrected chi connectivity index (χ4v) is 3.02. The van der Waals surface area contributed by atoms with Gasteiger partial charge in [0.25, 0.3) is 0 Å². The molecule has 1 unspecified atom stereocenters. The highest BCUT2D eigenvalue weighted by Crippen LogP contribution is 2.27. The van der Waals surface area contributed by atoms with Crippen molar-refractivity contribution in [2.45, 2.75) is 25.8 Å². The smallest absolute Gasteiger partial charge is 0.312 e. The van der Waals surface area contributed by atoms with Crippen LogP contribution in [0.15, 0.2) is 24.3 Å². The molecule has 0 radical (unpaired) electrons. The van der Waals surface area contributed by atoms with E-state index in [2.05, 4.69) is 17.2 Å². The predicted molar refractivity (Wildman–Crippen MR) is 76.7 cm³/mol. The van der Waals surface area contributed by atoms with Crippen LogP contribution in [0, 0.1) is 4.77 Å². The molecule has 22 heavy (non-hydrogen) atoms. The summed E-state index contributed by atoms with van der Waals surface area (Å²) in [6, 6.07) is 8.15. The molecule has 1 aromatic carbocycles. The number of nitrogens with one attached hydrogen (secondary N) is 1. The summed E-state index contributed by atoms with van der Waals surface area (Å²) in [5.74, 6) is -0.950. The Hall–Kier alpha value is -1.67. The van der Waals surface area contributed by atoms with E-state index in [1.165, 1.54) is 22.9 Å². The number of nitrogens with zero attached hydrogens (tertiary/aromatic N) is 3. The average Bonchev–Trinajstić information content (AvgIpc) is 2.75. The highest BCUT2D eigenvalue weighted by atomic mass is 32.1. The Morgan fingerprint density at radius 2 is 1.95 bits per heavy atom. The van der Waals surface area contributed by atoms with Crippen LogP contribution in [0.3, 0.4) is 0 Å². The molecule has 4 nitrogen and oxygen atoms in total. The minimum atomic E-state index is -4.49. The number of quaternary nitrogens is 1. The second-order valence-corrected chi connectivity index (χ2v) is 5.88. The Balaban J connectivity index is 1.82. The Bertz CT molecular complexity index is 747. The molecule has 0 aliphatic carbocycles. The van der Waals surface area contributed by atoms with E-state index in [4.69, 9.17) is 12.2 Å². The molecule has 2 heterocycles. The van der Waals surface area contributed by atoms with E-state index < -0.39 is 12.0 Å². The Kier molecular flexibility index (Phi) is 3.82. The van der Waals surface area contributed by atoms with Gasteiger partial charge < -0.3 is 4.90 Å². The van der Waals surface area contributed by atoms with E-state index in [0.29, 0.717) is 6.67 Å². The molecule has 1 atom stereocenters. The Labute approximate surface area is 130 Å². The summed E-state index contributed by atoms with van der Waals surface area (Å²) < 4.78 is 40.9. The molecule has 8 heteroatoms. The third kappa shape index (κ3) is 2.80. The number of rotatable bonds is 2. The maximum absolute atomic E-state index is 12.9. The maximum Gasteiger partial charge on any atom is 0.451 e. The largest absolute Gasteiger partial charge is 0.451 e. The van der Waals surface area contributed by atoms with Gasteiger partial charge in [0.2, 0.25) is 10.6 Å². The van der Waals surface area contributed by atoms with Gasteiger partial charge in [-0.05, 0) is 17.8 Å². The summed E-state index contributed by atoms with van der Waals surface area (Å²) in [7, 11) is 1.30. The first-order chi connectivity index (χ1) is 10.4. The van der Waals surface area contributed by atoms with Crippen LogP contribution in [-0.2, 0) is 32.9 Å². The Morgan fingerprint density at radius 1 is 1.27 bits per heavy atom. The SMILES string of the molecule is Cn1c(C(F)(F)F)nn(C[NH+]2CCc3ccccc3C2)c1=S. The van der Waals surface area contributed by atoms with Crippen LogP contribution < -0.4 is 4.90 Å². The lowest BCUT2D eigenvalue weighted by Crippen LogP contribution is -3.11. The number of fused-ring (bicyclic) bond motifs is 1. The van der Waals surface area contributed by atoms with E-state index in [9.17, 15) is 13.2 Å². The number of aromatic nitrogens is 3. The fourth-order valence-electron chi connectivity index (χ4n) is 2.83. The molecule has 118 valence electrons. The van der Waals surface area contributed by atoms with Crippen LogP contribution in [0.2, 0.25) is 0 Å². The van der Waals surface area contributed by atoms with Crippen LogP contribution in [0.5, 0.6) is 0 Å². The first kappa shape index (κ1) is 15.2. The number of hydrogen-bond donors (Lipinski definition) is 1. The minimum Gasteiger partial charge on any atom is -0.312 e. The zero-order valence-corrected chi connectivity index (χ0v) is 12.8. The van der Waals surface area contributed by atoms with Gasteiger partial charge in [0.1, 0.15) is 6.54 Å². The summed E-state index contributed by atoms with van der Waals surface area (Å²) >= 11 is 5.08. The van der Waals surface area contributed by atoms with Crippen molar-refractivity contribution in [3.63, 3.8) is 0 Å². The van der Waals surface area contributed by atoms with Crippen molar-refractivity contribution in [3.05, 3.63) is 46.0 Å². The third-order valence-corrected chi connectivity index (χ3v) is 4.46. The van der Waals surface area contributed by atoms with Gasteiger partial charge in [0.05, 0.1) is 6.54 Å².